The number of hydrogen-bond acceptors (Lipinski definition) is 7. The first-order chi connectivity index (χ1) is 11.1. The van der Waals surface area contributed by atoms with Gasteiger partial charge in [-0.05, 0) is 30.6 Å². The maximum absolute atomic E-state index is 6.15. The highest BCUT2D eigenvalue weighted by Crippen LogP contribution is 2.26. The second-order valence-corrected chi connectivity index (χ2v) is 5.99. The lowest BCUT2D eigenvalue weighted by Crippen LogP contribution is -2.02. The summed E-state index contributed by atoms with van der Waals surface area (Å²) in [4.78, 5) is 8.88. The van der Waals surface area contributed by atoms with Crippen molar-refractivity contribution >= 4 is 39.3 Å². The van der Waals surface area contributed by atoms with E-state index in [1.54, 1.807) is 10.9 Å². The van der Waals surface area contributed by atoms with Crippen molar-refractivity contribution in [3.63, 3.8) is 0 Å². The van der Waals surface area contributed by atoms with Crippen molar-refractivity contribution in [1.82, 2.24) is 28.7 Å². The second kappa shape index (κ2) is 5.06. The zero-order valence-corrected chi connectivity index (χ0v) is 13.4. The average molecular weight is 326 g/mol. The van der Waals surface area contributed by atoms with Gasteiger partial charge in [-0.25, -0.2) is 4.98 Å². The summed E-state index contributed by atoms with van der Waals surface area (Å²) < 4.78 is 7.89. The van der Waals surface area contributed by atoms with Crippen LogP contribution in [0, 0.1) is 6.92 Å². The van der Waals surface area contributed by atoms with Gasteiger partial charge in [0.25, 0.3) is 0 Å². The normalized spacial score (nSPS) is 11.2. The van der Waals surface area contributed by atoms with E-state index < -0.39 is 0 Å². The molecule has 0 unspecified atom stereocenters. The van der Waals surface area contributed by atoms with E-state index in [0.29, 0.717) is 11.8 Å². The summed E-state index contributed by atoms with van der Waals surface area (Å²) in [5, 5.41) is 8.20. The number of aryl methyl sites for hydroxylation is 2. The molecule has 0 saturated carbocycles. The molecule has 0 aliphatic carbocycles. The van der Waals surface area contributed by atoms with E-state index in [-0.39, 0.29) is 0 Å². The van der Waals surface area contributed by atoms with Gasteiger partial charge in [-0.15, -0.1) is 0 Å². The Labute approximate surface area is 135 Å². The van der Waals surface area contributed by atoms with E-state index in [1.165, 1.54) is 11.5 Å². The molecule has 4 rings (SSSR count). The van der Waals surface area contributed by atoms with Crippen molar-refractivity contribution in [2.45, 2.75) is 6.92 Å². The fourth-order valence-corrected chi connectivity index (χ4v) is 3.06. The van der Waals surface area contributed by atoms with Crippen LogP contribution in [-0.4, -0.2) is 28.7 Å². The predicted molar refractivity (Wildman–Crippen MR) is 90.2 cm³/mol. The molecule has 9 heteroatoms. The summed E-state index contributed by atoms with van der Waals surface area (Å²) >= 11 is 1.36. The van der Waals surface area contributed by atoms with Crippen LogP contribution in [0.25, 0.3) is 16.7 Å². The maximum atomic E-state index is 6.15. The topological polar surface area (TPSA) is 99.5 Å². The third-order valence-electron chi connectivity index (χ3n) is 3.39. The van der Waals surface area contributed by atoms with E-state index in [1.807, 2.05) is 43.1 Å². The first kappa shape index (κ1) is 13.7. The molecule has 0 aliphatic heterocycles. The molecule has 0 atom stereocenters. The zero-order valence-electron chi connectivity index (χ0n) is 12.6. The summed E-state index contributed by atoms with van der Waals surface area (Å²) in [7, 11) is 1.87. The number of hydrogen-bond donors (Lipinski definition) is 2. The molecule has 0 aromatic carbocycles. The number of nitrogens with two attached hydrogens (primary N) is 1. The summed E-state index contributed by atoms with van der Waals surface area (Å²) in [6, 6.07) is 3.85. The van der Waals surface area contributed by atoms with Gasteiger partial charge in [-0.3, -0.25) is 4.68 Å². The van der Waals surface area contributed by atoms with Crippen LogP contribution in [-0.2, 0) is 7.05 Å². The van der Waals surface area contributed by atoms with Gasteiger partial charge < -0.3 is 15.6 Å². The Morgan fingerprint density at radius 3 is 2.87 bits per heavy atom. The molecule has 4 heterocycles. The molecule has 0 saturated heterocycles. The summed E-state index contributed by atoms with van der Waals surface area (Å²) in [5.41, 5.74) is 9.56. The van der Waals surface area contributed by atoms with Crippen LogP contribution in [0.5, 0.6) is 0 Å². The fourth-order valence-electron chi connectivity index (χ4n) is 2.41. The highest BCUT2D eigenvalue weighted by atomic mass is 32.1. The summed E-state index contributed by atoms with van der Waals surface area (Å²) in [5.74, 6) is 0.871. The highest BCUT2D eigenvalue weighted by molar-refractivity contribution is 7.10. The van der Waals surface area contributed by atoms with Gasteiger partial charge in [0.2, 0.25) is 5.95 Å². The molecule has 0 fully saturated rings. The second-order valence-electron chi connectivity index (χ2n) is 5.18. The van der Waals surface area contributed by atoms with Gasteiger partial charge in [-0.2, -0.15) is 14.5 Å². The number of aromatic nitrogens is 6. The summed E-state index contributed by atoms with van der Waals surface area (Å²) in [6.45, 7) is 1.94. The van der Waals surface area contributed by atoms with Gasteiger partial charge in [0.05, 0.1) is 23.1 Å². The largest absolute Gasteiger partial charge is 0.382 e. The quantitative estimate of drug-likeness (QED) is 0.599. The number of rotatable bonds is 3. The standard InChI is InChI=1S/C14H14N8S/c1-8-5-11(23-20-8)18-14-17-10-3-4-22(12(10)13(15)19-14)9-6-16-21(2)7-9/h3-7H,1-2H3,(H3,15,17,18,19). The third-order valence-corrected chi connectivity index (χ3v) is 4.19. The molecule has 23 heavy (non-hydrogen) atoms. The van der Waals surface area contributed by atoms with Crippen molar-refractivity contribution in [3.8, 4) is 5.69 Å². The van der Waals surface area contributed by atoms with Crippen molar-refractivity contribution in [3.05, 3.63) is 36.4 Å². The molecular formula is C14H14N8S. The maximum Gasteiger partial charge on any atom is 0.230 e. The highest BCUT2D eigenvalue weighted by Gasteiger charge is 2.13. The van der Waals surface area contributed by atoms with Crippen LogP contribution in [0.4, 0.5) is 16.8 Å². The minimum Gasteiger partial charge on any atom is -0.382 e. The van der Waals surface area contributed by atoms with Crippen molar-refractivity contribution < 1.29 is 0 Å². The van der Waals surface area contributed by atoms with Crippen LogP contribution >= 0.6 is 11.5 Å². The molecular weight excluding hydrogens is 312 g/mol. The van der Waals surface area contributed by atoms with E-state index >= 15 is 0 Å². The van der Waals surface area contributed by atoms with E-state index in [4.69, 9.17) is 5.73 Å². The minimum absolute atomic E-state index is 0.410. The van der Waals surface area contributed by atoms with Crippen LogP contribution in [0.2, 0.25) is 0 Å². The van der Waals surface area contributed by atoms with Gasteiger partial charge in [0.1, 0.15) is 10.5 Å². The third kappa shape index (κ3) is 2.40. The average Bonchev–Trinajstić information content (AvgIpc) is 3.19. The Morgan fingerprint density at radius 2 is 2.17 bits per heavy atom. The van der Waals surface area contributed by atoms with E-state index in [0.717, 1.165) is 27.4 Å². The first-order valence-corrected chi connectivity index (χ1v) is 7.71. The zero-order chi connectivity index (χ0) is 16.0. The van der Waals surface area contributed by atoms with E-state index in [2.05, 4.69) is 24.8 Å². The lowest BCUT2D eigenvalue weighted by molar-refractivity contribution is 0.767. The molecule has 4 aromatic rings. The smallest absolute Gasteiger partial charge is 0.230 e. The van der Waals surface area contributed by atoms with Gasteiger partial charge in [0, 0.05) is 19.4 Å². The molecule has 0 amide bonds. The van der Waals surface area contributed by atoms with Crippen molar-refractivity contribution in [2.75, 3.05) is 11.1 Å². The number of fused-ring (bicyclic) bond motifs is 1. The molecule has 0 spiro atoms. The van der Waals surface area contributed by atoms with E-state index in [9.17, 15) is 0 Å². The predicted octanol–water partition coefficient (Wildman–Crippen LogP) is 2.24. The number of nitrogen functional groups attached to an aromatic ring is 1. The lowest BCUT2D eigenvalue weighted by Gasteiger charge is -2.06. The van der Waals surface area contributed by atoms with Crippen LogP contribution in [0.1, 0.15) is 5.69 Å². The molecule has 116 valence electrons. The summed E-state index contributed by atoms with van der Waals surface area (Å²) in [6.07, 6.45) is 5.59. The monoisotopic (exact) mass is 326 g/mol. The van der Waals surface area contributed by atoms with Crippen LogP contribution < -0.4 is 11.1 Å². The molecule has 0 radical (unpaired) electrons. The molecule has 8 nitrogen and oxygen atoms in total. The number of nitrogens with zero attached hydrogens (tertiary/aromatic N) is 6. The Bertz CT molecular complexity index is 995. The molecule has 4 aromatic heterocycles. The SMILES string of the molecule is Cc1cc(Nc2nc(N)c3c(ccn3-c3cnn(C)c3)n2)sn1. The fraction of sp³-hybridized carbons (Fsp3) is 0.143. The Balaban J connectivity index is 1.77. The van der Waals surface area contributed by atoms with Crippen molar-refractivity contribution in [1.29, 1.82) is 0 Å². The molecule has 3 N–H and O–H groups in total. The first-order valence-electron chi connectivity index (χ1n) is 6.94. The lowest BCUT2D eigenvalue weighted by atomic mass is 10.4. The van der Waals surface area contributed by atoms with Crippen LogP contribution in [0.15, 0.2) is 30.7 Å². The number of anilines is 3. The number of nitrogens with one attached hydrogen (secondary N) is 1. The van der Waals surface area contributed by atoms with Gasteiger partial charge >= 0.3 is 0 Å². The Kier molecular flexibility index (Phi) is 3.01. The van der Waals surface area contributed by atoms with Gasteiger partial charge in [0.15, 0.2) is 5.82 Å². The van der Waals surface area contributed by atoms with Crippen LogP contribution in [0.3, 0.4) is 0 Å². The molecule has 0 bridgehead atoms. The molecule has 0 aliphatic rings. The van der Waals surface area contributed by atoms with Gasteiger partial charge in [-0.1, -0.05) is 0 Å². The minimum atomic E-state index is 0.410. The Hall–Kier alpha value is -2.94. The Morgan fingerprint density at radius 1 is 1.30 bits per heavy atom. The van der Waals surface area contributed by atoms with Crippen molar-refractivity contribution in [2.24, 2.45) is 7.05 Å².